The van der Waals surface area contributed by atoms with Crippen molar-refractivity contribution in [3.05, 3.63) is 17.7 Å². The van der Waals surface area contributed by atoms with Crippen LogP contribution in [0.1, 0.15) is 36.5 Å². The Bertz CT molecular complexity index is 619. The number of halogens is 1. The van der Waals surface area contributed by atoms with Gasteiger partial charge < -0.3 is 25.4 Å². The first-order chi connectivity index (χ1) is 12.0. The van der Waals surface area contributed by atoms with Crippen molar-refractivity contribution >= 4 is 29.9 Å². The van der Waals surface area contributed by atoms with E-state index in [1.54, 1.807) is 12.1 Å². The van der Waals surface area contributed by atoms with E-state index >= 15 is 0 Å². The molecule has 1 fully saturated rings. The van der Waals surface area contributed by atoms with Crippen molar-refractivity contribution in [2.45, 2.75) is 26.2 Å². The van der Waals surface area contributed by atoms with Crippen LogP contribution in [0.3, 0.4) is 0 Å². The number of carbonyl (C=O) groups is 2. The molecule has 1 atom stereocenters. The Balaban J connectivity index is 0.00000338. The van der Waals surface area contributed by atoms with E-state index in [-0.39, 0.29) is 24.2 Å². The number of ether oxygens (including phenoxy) is 2. The summed E-state index contributed by atoms with van der Waals surface area (Å²) in [5.74, 6) is 0.950. The average molecular weight is 386 g/mol. The lowest BCUT2D eigenvalue weighted by atomic mass is 9.96. The molecule has 3 N–H and O–H groups in total. The molecule has 0 spiro atoms. The number of methoxy groups -OCH3 is 2. The van der Waals surface area contributed by atoms with E-state index < -0.39 is 0 Å². The molecule has 8 heteroatoms. The average Bonchev–Trinajstić information content (AvgIpc) is 2.61. The van der Waals surface area contributed by atoms with Gasteiger partial charge in [0.2, 0.25) is 5.91 Å². The zero-order valence-electron chi connectivity index (χ0n) is 15.5. The van der Waals surface area contributed by atoms with Gasteiger partial charge in [0.1, 0.15) is 0 Å². The molecule has 1 saturated heterocycles. The predicted octanol–water partition coefficient (Wildman–Crippen LogP) is 2.20. The summed E-state index contributed by atoms with van der Waals surface area (Å²) in [6, 6.07) is 3.21. The van der Waals surface area contributed by atoms with Crippen LogP contribution < -0.4 is 25.4 Å². The Hall–Kier alpha value is -1.99. The summed E-state index contributed by atoms with van der Waals surface area (Å²) in [5.41, 5.74) is 0.833. The molecule has 1 aromatic rings. The fourth-order valence-corrected chi connectivity index (χ4v) is 3.04. The predicted molar refractivity (Wildman–Crippen MR) is 104 cm³/mol. The Morgan fingerprint density at radius 3 is 2.62 bits per heavy atom. The molecule has 0 aliphatic carbocycles. The molecule has 26 heavy (non-hydrogen) atoms. The van der Waals surface area contributed by atoms with Crippen LogP contribution in [0, 0.1) is 5.92 Å². The minimum atomic E-state index is -0.247. The monoisotopic (exact) mass is 385 g/mol. The van der Waals surface area contributed by atoms with E-state index in [9.17, 15) is 9.59 Å². The third kappa shape index (κ3) is 6.07. The minimum Gasteiger partial charge on any atom is -0.493 e. The van der Waals surface area contributed by atoms with Gasteiger partial charge in [-0.3, -0.25) is 9.59 Å². The van der Waals surface area contributed by atoms with E-state index in [4.69, 9.17) is 9.47 Å². The highest BCUT2D eigenvalue weighted by molar-refractivity contribution is 5.99. The van der Waals surface area contributed by atoms with Crippen molar-refractivity contribution in [2.75, 3.05) is 39.2 Å². The summed E-state index contributed by atoms with van der Waals surface area (Å²) in [5, 5.41) is 8.98. The zero-order valence-corrected chi connectivity index (χ0v) is 16.3. The summed E-state index contributed by atoms with van der Waals surface area (Å²) >= 11 is 0. The highest BCUT2D eigenvalue weighted by Crippen LogP contribution is 2.36. The molecule has 7 nitrogen and oxygen atoms in total. The molecule has 146 valence electrons. The van der Waals surface area contributed by atoms with Gasteiger partial charge in [0.05, 0.1) is 19.9 Å². The molecule has 2 amide bonds. The SMILES string of the molecule is COc1cc(C(=O)NCCC2CCCNC2)cc(NC(C)=O)c1OC.Cl. The van der Waals surface area contributed by atoms with Crippen LogP contribution in [0.4, 0.5) is 5.69 Å². The highest BCUT2D eigenvalue weighted by atomic mass is 35.5. The molecular weight excluding hydrogens is 358 g/mol. The molecule has 0 radical (unpaired) electrons. The molecule has 1 aromatic carbocycles. The number of benzene rings is 1. The van der Waals surface area contributed by atoms with Crippen molar-refractivity contribution in [1.82, 2.24) is 10.6 Å². The van der Waals surface area contributed by atoms with E-state index in [0.29, 0.717) is 35.2 Å². The third-order valence-electron chi connectivity index (χ3n) is 4.29. The molecule has 1 heterocycles. The lowest BCUT2D eigenvalue weighted by Gasteiger charge is -2.22. The first kappa shape index (κ1) is 22.1. The van der Waals surface area contributed by atoms with Crippen molar-refractivity contribution < 1.29 is 19.1 Å². The minimum absolute atomic E-state index is 0. The number of amides is 2. The Morgan fingerprint density at radius 1 is 1.27 bits per heavy atom. The maximum atomic E-state index is 12.5. The number of rotatable bonds is 7. The van der Waals surface area contributed by atoms with Gasteiger partial charge in [-0.1, -0.05) is 0 Å². The van der Waals surface area contributed by atoms with Crippen LogP contribution >= 0.6 is 12.4 Å². The molecule has 0 bridgehead atoms. The maximum absolute atomic E-state index is 12.5. The number of hydrogen-bond acceptors (Lipinski definition) is 5. The quantitative estimate of drug-likeness (QED) is 0.669. The van der Waals surface area contributed by atoms with Crippen LogP contribution in [-0.2, 0) is 4.79 Å². The van der Waals surface area contributed by atoms with Gasteiger partial charge in [0.15, 0.2) is 11.5 Å². The highest BCUT2D eigenvalue weighted by Gasteiger charge is 2.18. The van der Waals surface area contributed by atoms with Crippen molar-refractivity contribution in [2.24, 2.45) is 5.92 Å². The van der Waals surface area contributed by atoms with E-state index in [1.807, 2.05) is 0 Å². The van der Waals surface area contributed by atoms with Gasteiger partial charge in [-0.15, -0.1) is 12.4 Å². The number of hydrogen-bond donors (Lipinski definition) is 3. The summed E-state index contributed by atoms with van der Waals surface area (Å²) in [4.78, 5) is 23.9. The largest absolute Gasteiger partial charge is 0.493 e. The molecule has 2 rings (SSSR count). The van der Waals surface area contributed by atoms with Gasteiger partial charge >= 0.3 is 0 Å². The van der Waals surface area contributed by atoms with Gasteiger partial charge in [0, 0.05) is 19.0 Å². The van der Waals surface area contributed by atoms with E-state index in [0.717, 1.165) is 19.5 Å². The van der Waals surface area contributed by atoms with E-state index in [2.05, 4.69) is 16.0 Å². The Morgan fingerprint density at radius 2 is 2.04 bits per heavy atom. The van der Waals surface area contributed by atoms with E-state index in [1.165, 1.54) is 34.0 Å². The molecule has 0 saturated carbocycles. The normalized spacial score (nSPS) is 16.2. The molecule has 1 aliphatic rings. The number of piperidine rings is 1. The topological polar surface area (TPSA) is 88.7 Å². The van der Waals surface area contributed by atoms with Crippen molar-refractivity contribution in [3.63, 3.8) is 0 Å². The lowest BCUT2D eigenvalue weighted by Crippen LogP contribution is -2.33. The Kier molecular flexibility index (Phi) is 9.23. The smallest absolute Gasteiger partial charge is 0.251 e. The maximum Gasteiger partial charge on any atom is 0.251 e. The summed E-state index contributed by atoms with van der Waals surface area (Å²) in [6.45, 7) is 4.12. The van der Waals surface area contributed by atoms with Crippen LogP contribution in [0.2, 0.25) is 0 Å². The second-order valence-electron chi connectivity index (χ2n) is 6.20. The number of nitrogens with one attached hydrogen (secondary N) is 3. The van der Waals surface area contributed by atoms with Crippen LogP contribution in [0.5, 0.6) is 11.5 Å². The van der Waals surface area contributed by atoms with Crippen LogP contribution in [0.15, 0.2) is 12.1 Å². The lowest BCUT2D eigenvalue weighted by molar-refractivity contribution is -0.114. The van der Waals surface area contributed by atoms with Gasteiger partial charge in [0.25, 0.3) is 5.91 Å². The second-order valence-corrected chi connectivity index (χ2v) is 6.20. The van der Waals surface area contributed by atoms with Crippen LogP contribution in [0.25, 0.3) is 0 Å². The number of anilines is 1. The number of carbonyl (C=O) groups excluding carboxylic acids is 2. The van der Waals surface area contributed by atoms with Gasteiger partial charge in [-0.2, -0.15) is 0 Å². The van der Waals surface area contributed by atoms with Gasteiger partial charge in [-0.05, 0) is 50.4 Å². The fraction of sp³-hybridized carbons (Fsp3) is 0.556. The molecule has 0 aromatic heterocycles. The summed E-state index contributed by atoms with van der Waals surface area (Å²) in [7, 11) is 2.98. The summed E-state index contributed by atoms with van der Waals surface area (Å²) < 4.78 is 10.6. The molecular formula is C18H28ClN3O4. The van der Waals surface area contributed by atoms with Crippen LogP contribution in [-0.4, -0.2) is 45.7 Å². The molecule has 1 unspecified atom stereocenters. The fourth-order valence-electron chi connectivity index (χ4n) is 3.04. The summed E-state index contributed by atoms with van der Waals surface area (Å²) in [6.07, 6.45) is 3.34. The Labute approximate surface area is 160 Å². The first-order valence-corrected chi connectivity index (χ1v) is 8.57. The van der Waals surface area contributed by atoms with Gasteiger partial charge in [-0.25, -0.2) is 0 Å². The van der Waals surface area contributed by atoms with Crippen molar-refractivity contribution in [1.29, 1.82) is 0 Å². The second kappa shape index (κ2) is 10.9. The standard InChI is InChI=1S/C18H27N3O4.ClH/c1-12(22)21-15-9-14(10-16(24-2)17(15)25-3)18(23)20-8-6-13-5-4-7-19-11-13;/h9-10,13,19H,4-8,11H2,1-3H3,(H,20,23)(H,21,22);1H. The molecule has 1 aliphatic heterocycles. The third-order valence-corrected chi connectivity index (χ3v) is 4.29. The van der Waals surface area contributed by atoms with Crippen molar-refractivity contribution in [3.8, 4) is 11.5 Å². The zero-order chi connectivity index (χ0) is 18.2. The first-order valence-electron chi connectivity index (χ1n) is 8.57.